The Morgan fingerprint density at radius 3 is 2.37 bits per heavy atom. The lowest BCUT2D eigenvalue weighted by molar-refractivity contribution is 0.415. The maximum absolute atomic E-state index is 8.83. The van der Waals surface area contributed by atoms with Gasteiger partial charge < -0.3 is 9.64 Å². The zero-order chi connectivity index (χ0) is 13.8. The first-order valence-electron chi connectivity index (χ1n) is 5.73. The minimum Gasteiger partial charge on any atom is -0.497 e. The van der Waals surface area contributed by atoms with Crippen LogP contribution in [-0.2, 0) is 0 Å². The summed E-state index contributed by atoms with van der Waals surface area (Å²) in [7, 11) is 3.56. The summed E-state index contributed by atoms with van der Waals surface area (Å²) in [5.41, 5.74) is 2.40. The van der Waals surface area contributed by atoms with Crippen LogP contribution in [0.3, 0.4) is 0 Å². The Hall–Kier alpha value is -2.18. The minimum atomic E-state index is 0.553. The second kappa shape index (κ2) is 5.64. The molecule has 3 nitrogen and oxygen atoms in total. The summed E-state index contributed by atoms with van der Waals surface area (Å²) in [6, 6.07) is 15.0. The lowest BCUT2D eigenvalue weighted by atomic mass is 10.2. The highest BCUT2D eigenvalue weighted by molar-refractivity contribution is 6.33. The van der Waals surface area contributed by atoms with E-state index in [0.717, 1.165) is 17.1 Å². The zero-order valence-corrected chi connectivity index (χ0v) is 11.5. The SMILES string of the molecule is COc1ccc(N(C)c2ccc(C#N)cc2Cl)cc1. The Bertz CT molecular complexity index is 617. The van der Waals surface area contributed by atoms with Crippen molar-refractivity contribution < 1.29 is 4.74 Å². The van der Waals surface area contributed by atoms with Crippen LogP contribution in [0.2, 0.25) is 5.02 Å². The van der Waals surface area contributed by atoms with Crippen molar-refractivity contribution in [3.63, 3.8) is 0 Å². The number of hydrogen-bond donors (Lipinski definition) is 0. The van der Waals surface area contributed by atoms with Gasteiger partial charge in [0.1, 0.15) is 5.75 Å². The van der Waals surface area contributed by atoms with Gasteiger partial charge in [-0.15, -0.1) is 0 Å². The first-order chi connectivity index (χ1) is 9.15. The lowest BCUT2D eigenvalue weighted by Crippen LogP contribution is -2.09. The summed E-state index contributed by atoms with van der Waals surface area (Å²) in [6.07, 6.45) is 0. The van der Waals surface area contributed by atoms with Crippen LogP contribution in [0.15, 0.2) is 42.5 Å². The monoisotopic (exact) mass is 272 g/mol. The number of rotatable bonds is 3. The molecule has 0 aliphatic carbocycles. The molecular weight excluding hydrogens is 260 g/mol. The van der Waals surface area contributed by atoms with Crippen LogP contribution < -0.4 is 9.64 Å². The van der Waals surface area contributed by atoms with E-state index in [0.29, 0.717) is 10.6 Å². The number of anilines is 2. The maximum Gasteiger partial charge on any atom is 0.119 e. The molecule has 0 aliphatic heterocycles. The molecular formula is C15H13ClN2O. The maximum atomic E-state index is 8.83. The molecule has 2 aromatic carbocycles. The predicted molar refractivity (Wildman–Crippen MR) is 77.2 cm³/mol. The smallest absolute Gasteiger partial charge is 0.119 e. The average Bonchev–Trinajstić information content (AvgIpc) is 2.46. The third-order valence-corrected chi connectivity index (χ3v) is 3.20. The van der Waals surface area contributed by atoms with E-state index in [1.165, 1.54) is 0 Å². The molecule has 0 aliphatic rings. The van der Waals surface area contributed by atoms with E-state index in [2.05, 4.69) is 6.07 Å². The van der Waals surface area contributed by atoms with Crippen LogP contribution in [0.4, 0.5) is 11.4 Å². The van der Waals surface area contributed by atoms with Crippen LogP contribution in [0.5, 0.6) is 5.75 Å². The Kier molecular flexibility index (Phi) is 3.94. The van der Waals surface area contributed by atoms with Gasteiger partial charge in [-0.2, -0.15) is 5.26 Å². The van der Waals surface area contributed by atoms with Crippen LogP contribution in [0, 0.1) is 11.3 Å². The molecule has 0 N–H and O–H groups in total. The van der Waals surface area contributed by atoms with Gasteiger partial charge in [-0.25, -0.2) is 0 Å². The third kappa shape index (κ3) is 2.81. The number of halogens is 1. The molecule has 0 saturated heterocycles. The van der Waals surface area contributed by atoms with Crippen molar-refractivity contribution in [2.24, 2.45) is 0 Å². The molecule has 19 heavy (non-hydrogen) atoms. The summed E-state index contributed by atoms with van der Waals surface area (Å²) in [4.78, 5) is 1.96. The number of ether oxygens (including phenoxy) is 1. The highest BCUT2D eigenvalue weighted by Crippen LogP contribution is 2.31. The molecule has 0 unspecified atom stereocenters. The Morgan fingerprint density at radius 1 is 1.16 bits per heavy atom. The quantitative estimate of drug-likeness (QED) is 0.848. The first-order valence-corrected chi connectivity index (χ1v) is 6.11. The van der Waals surface area contributed by atoms with Crippen molar-refractivity contribution in [2.45, 2.75) is 0 Å². The van der Waals surface area contributed by atoms with E-state index in [-0.39, 0.29) is 0 Å². The highest BCUT2D eigenvalue weighted by atomic mass is 35.5. The van der Waals surface area contributed by atoms with Crippen LogP contribution in [-0.4, -0.2) is 14.2 Å². The first kappa shape index (κ1) is 13.3. The van der Waals surface area contributed by atoms with Gasteiger partial charge in [0.15, 0.2) is 0 Å². The van der Waals surface area contributed by atoms with Gasteiger partial charge in [0, 0.05) is 12.7 Å². The Labute approximate surface area is 117 Å². The fraction of sp³-hybridized carbons (Fsp3) is 0.133. The van der Waals surface area contributed by atoms with Gasteiger partial charge >= 0.3 is 0 Å². The van der Waals surface area contributed by atoms with Crippen molar-refractivity contribution in [1.29, 1.82) is 5.26 Å². The van der Waals surface area contributed by atoms with E-state index in [1.807, 2.05) is 42.3 Å². The van der Waals surface area contributed by atoms with Crippen molar-refractivity contribution >= 4 is 23.0 Å². The van der Waals surface area contributed by atoms with Gasteiger partial charge in [-0.1, -0.05) is 11.6 Å². The standard InChI is InChI=1S/C15H13ClN2O/c1-18(12-4-6-13(19-2)7-5-12)15-8-3-11(10-17)9-14(15)16/h3-9H,1-2H3. The molecule has 0 heterocycles. The molecule has 4 heteroatoms. The summed E-state index contributed by atoms with van der Waals surface area (Å²) >= 11 is 6.19. The number of nitriles is 1. The molecule has 0 bridgehead atoms. The Balaban J connectivity index is 2.33. The fourth-order valence-corrected chi connectivity index (χ4v) is 2.10. The normalized spacial score (nSPS) is 9.79. The largest absolute Gasteiger partial charge is 0.497 e. The summed E-state index contributed by atoms with van der Waals surface area (Å²) in [5, 5.41) is 9.38. The van der Waals surface area contributed by atoms with Crippen LogP contribution >= 0.6 is 11.6 Å². The predicted octanol–water partition coefficient (Wildman–Crippen LogP) is 3.99. The fourth-order valence-electron chi connectivity index (χ4n) is 1.79. The molecule has 2 rings (SSSR count). The van der Waals surface area contributed by atoms with Crippen LogP contribution in [0.1, 0.15) is 5.56 Å². The summed E-state index contributed by atoms with van der Waals surface area (Å²) in [6.45, 7) is 0. The number of benzene rings is 2. The number of methoxy groups -OCH3 is 1. The average molecular weight is 273 g/mol. The van der Waals surface area contributed by atoms with E-state index in [9.17, 15) is 0 Å². The second-order valence-corrected chi connectivity index (χ2v) is 4.44. The number of nitrogens with zero attached hydrogens (tertiary/aromatic N) is 2. The molecule has 2 aromatic rings. The minimum absolute atomic E-state index is 0.553. The van der Waals surface area contributed by atoms with Gasteiger partial charge in [-0.3, -0.25) is 0 Å². The second-order valence-electron chi connectivity index (χ2n) is 4.04. The van der Waals surface area contributed by atoms with Crippen molar-refractivity contribution in [3.8, 4) is 11.8 Å². The summed E-state index contributed by atoms with van der Waals surface area (Å²) < 4.78 is 5.13. The highest BCUT2D eigenvalue weighted by Gasteiger charge is 2.09. The molecule has 0 saturated carbocycles. The van der Waals surface area contributed by atoms with Gasteiger partial charge in [0.05, 0.1) is 29.5 Å². The molecule has 0 radical (unpaired) electrons. The van der Waals surface area contributed by atoms with Crippen molar-refractivity contribution in [1.82, 2.24) is 0 Å². The van der Waals surface area contributed by atoms with Gasteiger partial charge in [-0.05, 0) is 42.5 Å². The molecule has 96 valence electrons. The molecule has 0 atom stereocenters. The van der Waals surface area contributed by atoms with Crippen molar-refractivity contribution in [2.75, 3.05) is 19.1 Å². The van der Waals surface area contributed by atoms with E-state index in [4.69, 9.17) is 21.6 Å². The van der Waals surface area contributed by atoms with E-state index in [1.54, 1.807) is 19.2 Å². The molecule has 0 fully saturated rings. The van der Waals surface area contributed by atoms with E-state index >= 15 is 0 Å². The van der Waals surface area contributed by atoms with Crippen molar-refractivity contribution in [3.05, 3.63) is 53.1 Å². The van der Waals surface area contributed by atoms with Gasteiger partial charge in [0.25, 0.3) is 0 Å². The molecule has 0 amide bonds. The zero-order valence-electron chi connectivity index (χ0n) is 10.7. The number of hydrogen-bond acceptors (Lipinski definition) is 3. The van der Waals surface area contributed by atoms with E-state index < -0.39 is 0 Å². The molecule has 0 spiro atoms. The third-order valence-electron chi connectivity index (χ3n) is 2.90. The lowest BCUT2D eigenvalue weighted by Gasteiger charge is -2.21. The van der Waals surface area contributed by atoms with Crippen LogP contribution in [0.25, 0.3) is 0 Å². The molecule has 0 aromatic heterocycles. The topological polar surface area (TPSA) is 36.3 Å². The van der Waals surface area contributed by atoms with Gasteiger partial charge in [0.2, 0.25) is 0 Å². The summed E-state index contributed by atoms with van der Waals surface area (Å²) in [5.74, 6) is 0.808. The Morgan fingerprint density at radius 2 is 1.84 bits per heavy atom.